The molecule has 25 heavy (non-hydrogen) atoms. The van der Waals surface area contributed by atoms with Gasteiger partial charge in [0, 0.05) is 30.0 Å². The first kappa shape index (κ1) is 15.6. The number of carbonyl (C=O) groups excluding carboxylic acids is 1. The smallest absolute Gasteiger partial charge is 0.259 e. The van der Waals surface area contributed by atoms with E-state index in [1.807, 2.05) is 6.07 Å². The lowest BCUT2D eigenvalue weighted by atomic mass is 9.99. The molecule has 0 radical (unpaired) electrons. The number of hydrogen-bond donors (Lipinski definition) is 1. The summed E-state index contributed by atoms with van der Waals surface area (Å²) in [5.74, 6) is 2.44. The maximum Gasteiger partial charge on any atom is 0.259 e. The molecule has 2 aliphatic heterocycles. The van der Waals surface area contributed by atoms with Crippen LogP contribution in [-0.4, -0.2) is 33.3 Å². The fourth-order valence-electron chi connectivity index (χ4n) is 3.31. The van der Waals surface area contributed by atoms with Gasteiger partial charge in [-0.05, 0) is 18.2 Å². The Morgan fingerprint density at radius 1 is 1.08 bits per heavy atom. The van der Waals surface area contributed by atoms with Crippen molar-refractivity contribution in [2.24, 2.45) is 0 Å². The van der Waals surface area contributed by atoms with Crippen molar-refractivity contribution in [1.82, 2.24) is 0 Å². The summed E-state index contributed by atoms with van der Waals surface area (Å²) in [6.45, 7) is 1.18. The molecule has 1 amide bonds. The standard InChI is InChI=1S/C19H19NO5/c1-22-12-3-4-14(16(10-12)23-2)20-19(21)17-13-6-8-24-15(13)9-11-5-7-25-18(11)17/h3-4,9-10H,5-8H2,1-2H3,(H,20,21). The van der Waals surface area contributed by atoms with E-state index in [0.717, 1.165) is 23.3 Å². The third-order valence-electron chi connectivity index (χ3n) is 4.53. The van der Waals surface area contributed by atoms with Crippen molar-refractivity contribution in [1.29, 1.82) is 0 Å². The van der Waals surface area contributed by atoms with Gasteiger partial charge in [-0.2, -0.15) is 0 Å². The van der Waals surface area contributed by atoms with Crippen molar-refractivity contribution in [3.8, 4) is 23.0 Å². The van der Waals surface area contributed by atoms with Gasteiger partial charge < -0.3 is 24.3 Å². The van der Waals surface area contributed by atoms with Gasteiger partial charge in [-0.25, -0.2) is 0 Å². The number of fused-ring (bicyclic) bond motifs is 2. The second-order valence-corrected chi connectivity index (χ2v) is 5.93. The van der Waals surface area contributed by atoms with E-state index >= 15 is 0 Å². The highest BCUT2D eigenvalue weighted by molar-refractivity contribution is 6.09. The molecule has 2 aromatic rings. The van der Waals surface area contributed by atoms with Crippen LogP contribution in [0.3, 0.4) is 0 Å². The van der Waals surface area contributed by atoms with Gasteiger partial charge >= 0.3 is 0 Å². The molecule has 6 nitrogen and oxygen atoms in total. The molecule has 0 aliphatic carbocycles. The lowest BCUT2D eigenvalue weighted by Gasteiger charge is -2.15. The van der Waals surface area contributed by atoms with Crippen LogP contribution in [0.5, 0.6) is 23.0 Å². The highest BCUT2D eigenvalue weighted by Crippen LogP contribution is 2.41. The lowest BCUT2D eigenvalue weighted by Crippen LogP contribution is -2.16. The Labute approximate surface area is 145 Å². The minimum Gasteiger partial charge on any atom is -0.497 e. The van der Waals surface area contributed by atoms with Crippen molar-refractivity contribution in [2.45, 2.75) is 12.8 Å². The Morgan fingerprint density at radius 3 is 2.72 bits per heavy atom. The summed E-state index contributed by atoms with van der Waals surface area (Å²) in [4.78, 5) is 13.0. The van der Waals surface area contributed by atoms with Gasteiger partial charge in [-0.15, -0.1) is 0 Å². The Bertz CT molecular complexity index is 814. The molecule has 0 saturated carbocycles. The number of methoxy groups -OCH3 is 2. The van der Waals surface area contributed by atoms with E-state index in [2.05, 4.69) is 5.32 Å². The molecule has 0 spiro atoms. The number of ether oxygens (including phenoxy) is 4. The van der Waals surface area contributed by atoms with E-state index in [1.165, 1.54) is 0 Å². The van der Waals surface area contributed by atoms with Crippen LogP contribution in [0.2, 0.25) is 0 Å². The summed E-state index contributed by atoms with van der Waals surface area (Å²) in [5, 5.41) is 2.93. The van der Waals surface area contributed by atoms with E-state index in [-0.39, 0.29) is 5.91 Å². The minimum atomic E-state index is -0.219. The molecule has 2 aliphatic rings. The minimum absolute atomic E-state index is 0.219. The van der Waals surface area contributed by atoms with E-state index < -0.39 is 0 Å². The Kier molecular flexibility index (Phi) is 3.87. The number of amides is 1. The first-order valence-electron chi connectivity index (χ1n) is 8.19. The monoisotopic (exact) mass is 341 g/mol. The zero-order valence-electron chi connectivity index (χ0n) is 14.2. The average Bonchev–Trinajstić information content (AvgIpc) is 3.28. The van der Waals surface area contributed by atoms with E-state index in [9.17, 15) is 4.79 Å². The summed E-state index contributed by atoms with van der Waals surface area (Å²) in [7, 11) is 3.14. The molecule has 6 heteroatoms. The van der Waals surface area contributed by atoms with Gasteiger partial charge in [0.05, 0.1) is 38.7 Å². The number of carbonyl (C=O) groups is 1. The highest BCUT2D eigenvalue weighted by atomic mass is 16.5. The van der Waals surface area contributed by atoms with Crippen LogP contribution in [0.15, 0.2) is 24.3 Å². The van der Waals surface area contributed by atoms with Crippen molar-refractivity contribution < 1.29 is 23.7 Å². The van der Waals surface area contributed by atoms with Crippen LogP contribution in [-0.2, 0) is 12.8 Å². The quantitative estimate of drug-likeness (QED) is 0.926. The van der Waals surface area contributed by atoms with Crippen LogP contribution >= 0.6 is 0 Å². The molecule has 1 N–H and O–H groups in total. The first-order valence-corrected chi connectivity index (χ1v) is 8.19. The molecule has 4 rings (SSSR count). The van der Waals surface area contributed by atoms with Gasteiger partial charge in [0.15, 0.2) is 0 Å². The van der Waals surface area contributed by atoms with Gasteiger partial charge in [-0.1, -0.05) is 0 Å². The molecule has 2 heterocycles. The number of hydrogen-bond acceptors (Lipinski definition) is 5. The Morgan fingerprint density at radius 2 is 1.92 bits per heavy atom. The highest BCUT2D eigenvalue weighted by Gasteiger charge is 2.30. The summed E-state index contributed by atoms with van der Waals surface area (Å²) in [6.07, 6.45) is 1.49. The fraction of sp³-hybridized carbons (Fsp3) is 0.316. The zero-order valence-corrected chi connectivity index (χ0v) is 14.2. The summed E-state index contributed by atoms with van der Waals surface area (Å²) in [6, 6.07) is 7.26. The Balaban J connectivity index is 1.71. The molecular formula is C19H19NO5. The summed E-state index contributed by atoms with van der Waals surface area (Å²) in [5.41, 5.74) is 3.08. The van der Waals surface area contributed by atoms with Crippen LogP contribution in [0.4, 0.5) is 5.69 Å². The van der Waals surface area contributed by atoms with Gasteiger partial charge in [0.25, 0.3) is 5.91 Å². The predicted molar refractivity (Wildman–Crippen MR) is 92.3 cm³/mol. The maximum absolute atomic E-state index is 13.0. The second-order valence-electron chi connectivity index (χ2n) is 5.93. The van der Waals surface area contributed by atoms with Gasteiger partial charge in [0.2, 0.25) is 0 Å². The third kappa shape index (κ3) is 2.63. The fourth-order valence-corrected chi connectivity index (χ4v) is 3.31. The van der Waals surface area contributed by atoms with Gasteiger partial charge in [0.1, 0.15) is 23.0 Å². The largest absolute Gasteiger partial charge is 0.497 e. The van der Waals surface area contributed by atoms with Crippen LogP contribution < -0.4 is 24.3 Å². The molecule has 0 saturated heterocycles. The normalized spacial score (nSPS) is 14.2. The molecule has 0 atom stereocenters. The third-order valence-corrected chi connectivity index (χ3v) is 4.53. The number of rotatable bonds is 4. The SMILES string of the molecule is COc1ccc(NC(=O)c2c3c(cc4c2OCC4)OCC3)c(OC)c1. The van der Waals surface area contributed by atoms with Crippen LogP contribution in [0.25, 0.3) is 0 Å². The molecule has 130 valence electrons. The maximum atomic E-state index is 13.0. The predicted octanol–water partition coefficient (Wildman–Crippen LogP) is 2.83. The number of anilines is 1. The number of benzene rings is 2. The van der Waals surface area contributed by atoms with Crippen LogP contribution in [0, 0.1) is 0 Å². The van der Waals surface area contributed by atoms with Crippen LogP contribution in [0.1, 0.15) is 21.5 Å². The number of nitrogens with one attached hydrogen (secondary N) is 1. The molecule has 2 aromatic carbocycles. The average molecular weight is 341 g/mol. The first-order chi connectivity index (χ1) is 12.2. The van der Waals surface area contributed by atoms with E-state index in [0.29, 0.717) is 48.1 Å². The van der Waals surface area contributed by atoms with Crippen molar-refractivity contribution in [3.63, 3.8) is 0 Å². The van der Waals surface area contributed by atoms with Crippen molar-refractivity contribution >= 4 is 11.6 Å². The summed E-state index contributed by atoms with van der Waals surface area (Å²) >= 11 is 0. The van der Waals surface area contributed by atoms with Crippen molar-refractivity contribution in [2.75, 3.05) is 32.8 Å². The molecule has 0 aromatic heterocycles. The topological polar surface area (TPSA) is 66.0 Å². The summed E-state index contributed by atoms with van der Waals surface area (Å²) < 4.78 is 22.0. The Hall–Kier alpha value is -2.89. The van der Waals surface area contributed by atoms with Crippen molar-refractivity contribution in [3.05, 3.63) is 41.0 Å². The second kappa shape index (κ2) is 6.20. The molecular weight excluding hydrogens is 322 g/mol. The van der Waals surface area contributed by atoms with E-state index in [4.69, 9.17) is 18.9 Å². The van der Waals surface area contributed by atoms with E-state index in [1.54, 1.807) is 32.4 Å². The zero-order chi connectivity index (χ0) is 17.4. The lowest BCUT2D eigenvalue weighted by molar-refractivity contribution is 0.102. The molecule has 0 bridgehead atoms. The van der Waals surface area contributed by atoms with Gasteiger partial charge in [-0.3, -0.25) is 4.79 Å². The molecule has 0 unspecified atom stereocenters. The molecule has 0 fully saturated rings.